The van der Waals surface area contributed by atoms with E-state index in [2.05, 4.69) is 14.9 Å². The molecule has 1 saturated heterocycles. The van der Waals surface area contributed by atoms with Crippen LogP contribution in [0.4, 0.5) is 0 Å². The fraction of sp³-hybridized carbons (Fsp3) is 0.417. The van der Waals surface area contributed by atoms with Crippen molar-refractivity contribution in [2.24, 2.45) is 5.92 Å². The summed E-state index contributed by atoms with van der Waals surface area (Å²) in [6, 6.07) is 4.54. The molecule has 0 spiro atoms. The second-order valence-electron chi connectivity index (χ2n) is 4.91. The van der Waals surface area contributed by atoms with Gasteiger partial charge in [0.1, 0.15) is 10.4 Å². The molecule has 0 saturated carbocycles. The van der Waals surface area contributed by atoms with E-state index in [9.17, 15) is 18.3 Å². The topological polar surface area (TPSA) is 116 Å². The monoisotopic (exact) mass is 310 g/mol. The van der Waals surface area contributed by atoms with Gasteiger partial charge in [-0.1, -0.05) is 6.07 Å². The number of nitrogens with zero attached hydrogens (tertiary/aromatic N) is 3. The average molecular weight is 310 g/mol. The zero-order valence-electron chi connectivity index (χ0n) is 10.9. The predicted molar refractivity (Wildman–Crippen MR) is 68.3 cm³/mol. The Morgan fingerprint density at radius 2 is 2.19 bits per heavy atom. The van der Waals surface area contributed by atoms with Crippen molar-refractivity contribution in [1.82, 2.24) is 14.6 Å². The second-order valence-corrected chi connectivity index (χ2v) is 6.82. The van der Waals surface area contributed by atoms with Crippen molar-refractivity contribution < 1.29 is 22.9 Å². The molecule has 0 aliphatic carbocycles. The number of fused-ring (bicyclic) bond motifs is 1. The Balaban J connectivity index is 2.00. The molecule has 1 fully saturated rings. The van der Waals surface area contributed by atoms with Gasteiger partial charge in [-0.15, -0.1) is 0 Å². The number of carboxylic acids is 1. The molecule has 1 aromatic heterocycles. The Morgan fingerprint density at radius 1 is 1.38 bits per heavy atom. The fourth-order valence-electron chi connectivity index (χ4n) is 2.48. The summed E-state index contributed by atoms with van der Waals surface area (Å²) < 4.78 is 31.1. The van der Waals surface area contributed by atoms with Gasteiger partial charge in [0.05, 0.1) is 0 Å². The molecule has 112 valence electrons. The summed E-state index contributed by atoms with van der Waals surface area (Å²) in [5.74, 6) is -2.01. The van der Waals surface area contributed by atoms with E-state index in [0.717, 1.165) is 4.31 Å². The first-order chi connectivity index (χ1) is 10.00. The number of benzene rings is 1. The van der Waals surface area contributed by atoms with E-state index in [1.807, 2.05) is 0 Å². The van der Waals surface area contributed by atoms with Crippen molar-refractivity contribution in [1.29, 1.82) is 0 Å². The van der Waals surface area contributed by atoms with Gasteiger partial charge in [0, 0.05) is 25.0 Å². The molecule has 21 heavy (non-hydrogen) atoms. The summed E-state index contributed by atoms with van der Waals surface area (Å²) in [6.45, 7) is 0.181. The zero-order chi connectivity index (χ0) is 15.0. The highest BCUT2D eigenvalue weighted by atomic mass is 32.2. The van der Waals surface area contributed by atoms with E-state index in [-0.39, 0.29) is 23.5 Å². The van der Waals surface area contributed by atoms with E-state index in [1.165, 1.54) is 6.07 Å². The highest BCUT2D eigenvalue weighted by Gasteiger charge is 2.32. The Bertz CT molecular complexity index is 785. The minimum atomic E-state index is -3.85. The molecule has 9 heteroatoms. The molecular formula is C12H12N3O5S-. The molecule has 1 unspecified atom stereocenters. The number of rotatable bonds is 3. The third-order valence-corrected chi connectivity index (χ3v) is 5.48. The van der Waals surface area contributed by atoms with Gasteiger partial charge in [-0.05, 0) is 35.3 Å². The van der Waals surface area contributed by atoms with Gasteiger partial charge in [-0.3, -0.25) is 0 Å². The van der Waals surface area contributed by atoms with E-state index in [4.69, 9.17) is 0 Å². The summed E-state index contributed by atoms with van der Waals surface area (Å²) in [5, 5.41) is 18.2. The number of piperidine rings is 1. The molecular weight excluding hydrogens is 298 g/mol. The molecule has 1 aromatic carbocycles. The van der Waals surface area contributed by atoms with Crippen molar-refractivity contribution in [3.8, 4) is 0 Å². The summed E-state index contributed by atoms with van der Waals surface area (Å²) in [6.07, 6.45) is 0.898. The van der Waals surface area contributed by atoms with Crippen molar-refractivity contribution in [2.75, 3.05) is 13.1 Å². The van der Waals surface area contributed by atoms with Crippen molar-refractivity contribution in [3.63, 3.8) is 0 Å². The number of aliphatic carboxylic acids is 1. The Hall–Kier alpha value is -2.00. The first-order valence-corrected chi connectivity index (χ1v) is 7.86. The van der Waals surface area contributed by atoms with Gasteiger partial charge in [-0.25, -0.2) is 13.0 Å². The molecule has 1 atom stereocenters. The highest BCUT2D eigenvalue weighted by Crippen LogP contribution is 2.27. The number of hydrogen-bond acceptors (Lipinski definition) is 7. The smallest absolute Gasteiger partial charge is 0.245 e. The van der Waals surface area contributed by atoms with Crippen molar-refractivity contribution in [2.45, 2.75) is 17.7 Å². The molecule has 0 bridgehead atoms. The van der Waals surface area contributed by atoms with Gasteiger partial charge >= 0.3 is 0 Å². The van der Waals surface area contributed by atoms with Crippen LogP contribution in [0.15, 0.2) is 27.7 Å². The van der Waals surface area contributed by atoms with Gasteiger partial charge in [-0.2, -0.15) is 4.31 Å². The van der Waals surface area contributed by atoms with Crippen LogP contribution in [-0.4, -0.2) is 42.1 Å². The molecule has 3 rings (SSSR count). The lowest BCUT2D eigenvalue weighted by Crippen LogP contribution is -2.46. The average Bonchev–Trinajstić information content (AvgIpc) is 2.95. The van der Waals surface area contributed by atoms with E-state index >= 15 is 0 Å². The summed E-state index contributed by atoms with van der Waals surface area (Å²) in [4.78, 5) is 10.9. The molecule has 2 heterocycles. The third-order valence-electron chi connectivity index (χ3n) is 3.58. The van der Waals surface area contributed by atoms with Crippen molar-refractivity contribution >= 4 is 27.0 Å². The molecule has 1 aliphatic heterocycles. The first-order valence-electron chi connectivity index (χ1n) is 6.42. The largest absolute Gasteiger partial charge is 0.550 e. The highest BCUT2D eigenvalue weighted by molar-refractivity contribution is 7.89. The number of carbonyl (C=O) groups is 1. The minimum Gasteiger partial charge on any atom is -0.550 e. The van der Waals surface area contributed by atoms with Crippen LogP contribution in [0.2, 0.25) is 0 Å². The lowest BCUT2D eigenvalue weighted by molar-refractivity contribution is -0.312. The summed E-state index contributed by atoms with van der Waals surface area (Å²) in [7, 11) is -3.85. The Morgan fingerprint density at radius 3 is 2.95 bits per heavy atom. The van der Waals surface area contributed by atoms with Gasteiger partial charge in [0.15, 0.2) is 5.52 Å². The van der Waals surface area contributed by atoms with Crippen LogP contribution in [0.3, 0.4) is 0 Å². The lowest BCUT2D eigenvalue weighted by atomic mass is 10.0. The maximum absolute atomic E-state index is 12.7. The predicted octanol–water partition coefficient (Wildman–Crippen LogP) is -0.627. The first kappa shape index (κ1) is 14.0. The maximum atomic E-state index is 12.7. The van der Waals surface area contributed by atoms with Gasteiger partial charge in [0.25, 0.3) is 0 Å². The van der Waals surface area contributed by atoms with Crippen LogP contribution in [0.1, 0.15) is 12.8 Å². The summed E-state index contributed by atoms with van der Waals surface area (Å²) in [5.41, 5.74) is 0.484. The van der Waals surface area contributed by atoms with E-state index in [0.29, 0.717) is 18.4 Å². The van der Waals surface area contributed by atoms with Crippen LogP contribution in [0, 0.1) is 5.92 Å². The fourth-order valence-corrected chi connectivity index (χ4v) is 4.14. The zero-order valence-corrected chi connectivity index (χ0v) is 11.7. The summed E-state index contributed by atoms with van der Waals surface area (Å²) >= 11 is 0. The Labute approximate surface area is 120 Å². The lowest BCUT2D eigenvalue weighted by Gasteiger charge is -2.32. The number of sulfonamides is 1. The molecule has 1 aliphatic rings. The molecule has 0 N–H and O–H groups in total. The third kappa shape index (κ3) is 2.38. The molecule has 0 amide bonds. The number of carboxylic acid groups (broad SMARTS) is 1. The molecule has 0 radical (unpaired) electrons. The van der Waals surface area contributed by atoms with Crippen LogP contribution < -0.4 is 5.11 Å². The van der Waals surface area contributed by atoms with Crippen LogP contribution in [0.5, 0.6) is 0 Å². The van der Waals surface area contributed by atoms with Crippen LogP contribution >= 0.6 is 0 Å². The Kier molecular flexibility index (Phi) is 3.38. The van der Waals surface area contributed by atoms with Crippen LogP contribution in [-0.2, 0) is 14.8 Å². The maximum Gasteiger partial charge on any atom is 0.245 e. The van der Waals surface area contributed by atoms with E-state index < -0.39 is 21.9 Å². The minimum absolute atomic E-state index is 0.0275. The number of aromatic nitrogens is 2. The molecule has 2 aromatic rings. The normalized spacial score (nSPS) is 20.7. The molecule has 8 nitrogen and oxygen atoms in total. The quantitative estimate of drug-likeness (QED) is 0.741. The van der Waals surface area contributed by atoms with Crippen molar-refractivity contribution in [3.05, 3.63) is 18.2 Å². The number of hydrogen-bond donors (Lipinski definition) is 0. The van der Waals surface area contributed by atoms with Gasteiger partial charge in [0.2, 0.25) is 10.0 Å². The number of carbonyl (C=O) groups excluding carboxylic acids is 1. The second kappa shape index (κ2) is 5.08. The van der Waals surface area contributed by atoms with Gasteiger partial charge < -0.3 is 9.90 Å². The SMILES string of the molecule is O=C([O-])C1CCCN(S(=O)(=O)c2cccc3nonc23)C1. The standard InChI is InChI=1S/C12H13N3O5S/c16-12(17)8-3-2-6-15(7-8)21(18,19)10-5-1-4-9-11(10)14-20-13-9/h1,4-5,8H,2-3,6-7H2,(H,16,17)/p-1. The van der Waals surface area contributed by atoms with E-state index in [1.54, 1.807) is 12.1 Å². The van der Waals surface area contributed by atoms with Crippen LogP contribution in [0.25, 0.3) is 11.0 Å².